The highest BCUT2D eigenvalue weighted by Crippen LogP contribution is 2.28. The van der Waals surface area contributed by atoms with Crippen LogP contribution >= 0.6 is 11.3 Å². The van der Waals surface area contributed by atoms with Crippen molar-refractivity contribution in [2.45, 2.75) is 33.2 Å². The number of hydrogen-bond donors (Lipinski definition) is 1. The quantitative estimate of drug-likeness (QED) is 0.707. The van der Waals surface area contributed by atoms with Gasteiger partial charge in [0.15, 0.2) is 10.8 Å². The average Bonchev–Trinajstić information content (AvgIpc) is 3.37. The molecule has 1 aliphatic rings. The maximum atomic E-state index is 12.7. The Bertz CT molecular complexity index is 1220. The average molecular weight is 414 g/mol. The van der Waals surface area contributed by atoms with Crippen LogP contribution in [0.25, 0.3) is 10.3 Å². The van der Waals surface area contributed by atoms with Gasteiger partial charge in [-0.1, -0.05) is 23.5 Å². The van der Waals surface area contributed by atoms with E-state index in [9.17, 15) is 14.4 Å². The van der Waals surface area contributed by atoms with Gasteiger partial charge in [0.05, 0.1) is 0 Å². The summed E-state index contributed by atoms with van der Waals surface area (Å²) < 4.78 is 2.72. The van der Waals surface area contributed by atoms with Crippen molar-refractivity contribution < 1.29 is 4.79 Å². The number of hydrogen-bond acceptors (Lipinski definition) is 6. The first-order valence-electron chi connectivity index (χ1n) is 9.58. The summed E-state index contributed by atoms with van der Waals surface area (Å²) in [6, 6.07) is 5.67. The van der Waals surface area contributed by atoms with Crippen LogP contribution in [-0.2, 0) is 18.4 Å². The van der Waals surface area contributed by atoms with E-state index in [2.05, 4.69) is 15.2 Å². The molecule has 3 aromatic rings. The molecule has 1 aromatic carbocycles. The van der Waals surface area contributed by atoms with Crippen molar-refractivity contribution in [3.63, 3.8) is 0 Å². The van der Waals surface area contributed by atoms with E-state index >= 15 is 0 Å². The van der Waals surface area contributed by atoms with Crippen LogP contribution in [0.4, 0.5) is 10.8 Å². The summed E-state index contributed by atoms with van der Waals surface area (Å²) in [5, 5.41) is 3.59. The SMILES string of the molecule is Cc1cccc(NC(=O)Cn2c(=O)n(C)c(=O)c3sc(N4CCCC4)nc32)c1C. The summed E-state index contributed by atoms with van der Waals surface area (Å²) in [6.07, 6.45) is 2.16. The molecule has 4 rings (SSSR count). The smallest absolute Gasteiger partial charge is 0.332 e. The highest BCUT2D eigenvalue weighted by molar-refractivity contribution is 7.22. The van der Waals surface area contributed by atoms with Gasteiger partial charge < -0.3 is 10.2 Å². The number of benzene rings is 1. The summed E-state index contributed by atoms with van der Waals surface area (Å²) in [5.74, 6) is -0.337. The highest BCUT2D eigenvalue weighted by Gasteiger charge is 2.22. The molecule has 9 heteroatoms. The summed E-state index contributed by atoms with van der Waals surface area (Å²) in [6.45, 7) is 5.47. The van der Waals surface area contributed by atoms with E-state index in [1.54, 1.807) is 0 Å². The molecule has 0 atom stereocenters. The fourth-order valence-electron chi connectivity index (χ4n) is 3.54. The summed E-state index contributed by atoms with van der Waals surface area (Å²) in [4.78, 5) is 44.7. The monoisotopic (exact) mass is 413 g/mol. The molecule has 3 heterocycles. The summed E-state index contributed by atoms with van der Waals surface area (Å²) in [7, 11) is 1.43. The largest absolute Gasteiger partial charge is 0.348 e. The van der Waals surface area contributed by atoms with Crippen molar-refractivity contribution in [3.8, 4) is 0 Å². The minimum absolute atomic E-state index is 0.208. The maximum absolute atomic E-state index is 12.7. The van der Waals surface area contributed by atoms with Gasteiger partial charge in [-0.05, 0) is 43.9 Å². The normalized spacial score (nSPS) is 14.0. The van der Waals surface area contributed by atoms with E-state index in [0.29, 0.717) is 10.4 Å². The lowest BCUT2D eigenvalue weighted by Crippen LogP contribution is -2.40. The van der Waals surface area contributed by atoms with Gasteiger partial charge in [-0.2, -0.15) is 0 Å². The fourth-order valence-corrected chi connectivity index (χ4v) is 4.64. The van der Waals surface area contributed by atoms with Crippen molar-refractivity contribution in [1.29, 1.82) is 0 Å². The number of carbonyl (C=O) groups excluding carboxylic acids is 1. The van der Waals surface area contributed by atoms with Crippen LogP contribution < -0.4 is 21.5 Å². The lowest BCUT2D eigenvalue weighted by atomic mass is 10.1. The van der Waals surface area contributed by atoms with Crippen molar-refractivity contribution >= 4 is 38.4 Å². The highest BCUT2D eigenvalue weighted by atomic mass is 32.1. The Kier molecular flexibility index (Phi) is 4.99. The van der Waals surface area contributed by atoms with E-state index < -0.39 is 5.69 Å². The number of aryl methyl sites for hydroxylation is 1. The predicted octanol–water partition coefficient (Wildman–Crippen LogP) is 2.01. The van der Waals surface area contributed by atoms with Crippen LogP contribution in [0, 0.1) is 13.8 Å². The van der Waals surface area contributed by atoms with Gasteiger partial charge in [-0.3, -0.25) is 18.7 Å². The number of thiazole rings is 1. The van der Waals surface area contributed by atoms with Gasteiger partial charge in [-0.25, -0.2) is 9.78 Å². The Hall–Kier alpha value is -2.94. The van der Waals surface area contributed by atoms with Crippen molar-refractivity contribution in [2.24, 2.45) is 7.05 Å². The fraction of sp³-hybridized carbons (Fsp3) is 0.400. The standard InChI is InChI=1S/C20H23N5O3S/c1-12-7-6-8-14(13(12)2)21-15(26)11-25-17-16(18(27)23(3)20(25)28)29-19(22-17)24-9-4-5-10-24/h6-8H,4-5,9-11H2,1-3H3,(H,21,26). The molecule has 1 fully saturated rings. The number of rotatable bonds is 4. The number of nitrogens with zero attached hydrogens (tertiary/aromatic N) is 4. The van der Waals surface area contributed by atoms with Crippen molar-refractivity contribution in [1.82, 2.24) is 14.1 Å². The van der Waals surface area contributed by atoms with Crippen molar-refractivity contribution in [3.05, 3.63) is 50.2 Å². The van der Waals surface area contributed by atoms with Crippen LogP contribution in [-0.4, -0.2) is 33.1 Å². The zero-order valence-corrected chi connectivity index (χ0v) is 17.5. The molecule has 0 bridgehead atoms. The number of fused-ring (bicyclic) bond motifs is 1. The second kappa shape index (κ2) is 7.47. The van der Waals surface area contributed by atoms with Crippen LogP contribution in [0.5, 0.6) is 0 Å². The first-order valence-corrected chi connectivity index (χ1v) is 10.4. The van der Waals surface area contributed by atoms with Crippen LogP contribution in [0.3, 0.4) is 0 Å². The molecule has 0 spiro atoms. The molecule has 0 unspecified atom stereocenters. The summed E-state index contributed by atoms with van der Waals surface area (Å²) >= 11 is 1.28. The van der Waals surface area contributed by atoms with E-state index in [1.807, 2.05) is 32.0 Å². The van der Waals surface area contributed by atoms with Crippen LogP contribution in [0.15, 0.2) is 27.8 Å². The molecule has 29 heavy (non-hydrogen) atoms. The predicted molar refractivity (Wildman–Crippen MR) is 115 cm³/mol. The molecular formula is C20H23N5O3S. The number of carbonyl (C=O) groups is 1. The van der Waals surface area contributed by atoms with Gasteiger partial charge in [0, 0.05) is 25.8 Å². The minimum Gasteiger partial charge on any atom is -0.348 e. The summed E-state index contributed by atoms with van der Waals surface area (Å²) in [5.41, 5.74) is 2.11. The third-order valence-corrected chi connectivity index (χ3v) is 6.52. The Morgan fingerprint density at radius 2 is 1.93 bits per heavy atom. The van der Waals surface area contributed by atoms with Gasteiger partial charge in [0.1, 0.15) is 11.2 Å². The van der Waals surface area contributed by atoms with Crippen LogP contribution in [0.1, 0.15) is 24.0 Å². The topological polar surface area (TPSA) is 89.2 Å². The molecule has 0 radical (unpaired) electrons. The Balaban J connectivity index is 1.72. The number of anilines is 2. The van der Waals surface area contributed by atoms with Gasteiger partial charge in [0.25, 0.3) is 5.56 Å². The molecule has 0 saturated carbocycles. The Labute approximate surface area is 171 Å². The van der Waals surface area contributed by atoms with Crippen LogP contribution in [0.2, 0.25) is 0 Å². The second-order valence-corrected chi connectivity index (χ2v) is 8.35. The van der Waals surface area contributed by atoms with E-state index in [0.717, 1.165) is 46.8 Å². The molecule has 8 nitrogen and oxygen atoms in total. The number of aromatic nitrogens is 3. The maximum Gasteiger partial charge on any atom is 0.332 e. The molecule has 0 aliphatic carbocycles. The van der Waals surface area contributed by atoms with Gasteiger partial charge in [0.2, 0.25) is 5.91 Å². The van der Waals surface area contributed by atoms with E-state index in [1.165, 1.54) is 23.0 Å². The first-order chi connectivity index (χ1) is 13.9. The molecular weight excluding hydrogens is 390 g/mol. The van der Waals surface area contributed by atoms with Gasteiger partial charge >= 0.3 is 5.69 Å². The lowest BCUT2D eigenvalue weighted by molar-refractivity contribution is -0.116. The first kappa shape index (κ1) is 19.4. The number of amides is 1. The minimum atomic E-state index is -0.545. The zero-order chi connectivity index (χ0) is 20.7. The molecule has 1 saturated heterocycles. The molecule has 1 N–H and O–H groups in total. The Morgan fingerprint density at radius 1 is 1.21 bits per heavy atom. The molecule has 1 amide bonds. The lowest BCUT2D eigenvalue weighted by Gasteiger charge is -2.13. The van der Waals surface area contributed by atoms with E-state index in [-0.39, 0.29) is 23.7 Å². The molecule has 1 aliphatic heterocycles. The van der Waals surface area contributed by atoms with Gasteiger partial charge in [-0.15, -0.1) is 0 Å². The second-order valence-electron chi connectivity index (χ2n) is 7.37. The Morgan fingerprint density at radius 3 is 2.66 bits per heavy atom. The van der Waals surface area contributed by atoms with E-state index in [4.69, 9.17) is 0 Å². The van der Waals surface area contributed by atoms with Crippen molar-refractivity contribution in [2.75, 3.05) is 23.3 Å². The third kappa shape index (κ3) is 3.46. The molecule has 152 valence electrons. The third-order valence-electron chi connectivity index (χ3n) is 5.43. The zero-order valence-electron chi connectivity index (χ0n) is 16.7. The number of nitrogens with one attached hydrogen (secondary N) is 1. The molecule has 2 aromatic heterocycles.